The first kappa shape index (κ1) is 17.4. The highest BCUT2D eigenvalue weighted by molar-refractivity contribution is 5.29. The van der Waals surface area contributed by atoms with Crippen LogP contribution in [0.25, 0.3) is 0 Å². The summed E-state index contributed by atoms with van der Waals surface area (Å²) in [5.74, 6) is 0.793. The van der Waals surface area contributed by atoms with Crippen molar-refractivity contribution in [1.29, 1.82) is 0 Å². The van der Waals surface area contributed by atoms with Crippen molar-refractivity contribution in [3.63, 3.8) is 0 Å². The van der Waals surface area contributed by atoms with E-state index in [4.69, 9.17) is 4.74 Å². The maximum Gasteiger partial charge on any atom is 0.389 e. The monoisotopic (exact) mass is 322 g/mol. The second-order valence-electron chi connectivity index (χ2n) is 5.60. The maximum absolute atomic E-state index is 12.1. The van der Waals surface area contributed by atoms with Gasteiger partial charge >= 0.3 is 6.18 Å². The lowest BCUT2D eigenvalue weighted by Gasteiger charge is -2.09. The second-order valence-corrected chi connectivity index (χ2v) is 5.60. The lowest BCUT2D eigenvalue weighted by molar-refractivity contribution is -0.135. The van der Waals surface area contributed by atoms with E-state index in [-0.39, 0.29) is 6.42 Å². The Labute approximate surface area is 135 Å². The van der Waals surface area contributed by atoms with Crippen LogP contribution >= 0.6 is 0 Å². The maximum atomic E-state index is 12.1. The molecule has 0 spiro atoms. The summed E-state index contributed by atoms with van der Waals surface area (Å²) in [6.07, 6.45) is -2.39. The van der Waals surface area contributed by atoms with Crippen LogP contribution < -0.4 is 4.74 Å². The molecule has 2 aromatic rings. The molecule has 0 N–H and O–H groups in total. The average Bonchev–Trinajstić information content (AvgIpc) is 2.53. The van der Waals surface area contributed by atoms with Crippen LogP contribution in [0.3, 0.4) is 0 Å². The number of halogens is 3. The fourth-order valence-electron chi connectivity index (χ4n) is 2.36. The van der Waals surface area contributed by atoms with Gasteiger partial charge in [0.15, 0.2) is 0 Å². The predicted molar refractivity (Wildman–Crippen MR) is 85.4 cm³/mol. The highest BCUT2D eigenvalue weighted by atomic mass is 19.4. The SMILES string of the molecule is FC(F)(F)CCCCCc1cccc(OCc2ccccc2)c1. The second kappa shape index (κ2) is 8.61. The van der Waals surface area contributed by atoms with Gasteiger partial charge in [-0.1, -0.05) is 48.9 Å². The van der Waals surface area contributed by atoms with Gasteiger partial charge in [0, 0.05) is 6.42 Å². The summed E-state index contributed by atoms with van der Waals surface area (Å²) < 4.78 is 42.0. The highest BCUT2D eigenvalue weighted by Crippen LogP contribution is 2.23. The minimum Gasteiger partial charge on any atom is -0.489 e. The molecule has 0 amide bonds. The lowest BCUT2D eigenvalue weighted by atomic mass is 10.1. The molecule has 2 aromatic carbocycles. The van der Waals surface area contributed by atoms with Gasteiger partial charge in [-0.15, -0.1) is 0 Å². The first-order chi connectivity index (χ1) is 11.0. The Morgan fingerprint density at radius 3 is 2.26 bits per heavy atom. The van der Waals surface area contributed by atoms with Crippen molar-refractivity contribution in [2.24, 2.45) is 0 Å². The quantitative estimate of drug-likeness (QED) is 0.547. The molecule has 4 heteroatoms. The van der Waals surface area contributed by atoms with Crippen LogP contribution in [0.1, 0.15) is 36.8 Å². The number of unbranched alkanes of at least 4 members (excludes halogenated alkanes) is 2. The summed E-state index contributed by atoms with van der Waals surface area (Å²) in [6, 6.07) is 17.7. The third kappa shape index (κ3) is 7.22. The van der Waals surface area contributed by atoms with Crippen molar-refractivity contribution in [3.05, 3.63) is 65.7 Å². The first-order valence-electron chi connectivity index (χ1n) is 7.85. The van der Waals surface area contributed by atoms with Gasteiger partial charge in [-0.25, -0.2) is 0 Å². The molecule has 0 saturated carbocycles. The topological polar surface area (TPSA) is 9.23 Å². The first-order valence-corrected chi connectivity index (χ1v) is 7.85. The summed E-state index contributed by atoms with van der Waals surface area (Å²) in [6.45, 7) is 0.510. The summed E-state index contributed by atoms with van der Waals surface area (Å²) in [7, 11) is 0. The molecule has 0 aliphatic carbocycles. The van der Waals surface area contributed by atoms with E-state index < -0.39 is 12.6 Å². The van der Waals surface area contributed by atoms with Crippen LogP contribution in [0.2, 0.25) is 0 Å². The van der Waals surface area contributed by atoms with Gasteiger partial charge in [-0.2, -0.15) is 13.2 Å². The zero-order valence-corrected chi connectivity index (χ0v) is 13.0. The van der Waals surface area contributed by atoms with Crippen LogP contribution in [0.15, 0.2) is 54.6 Å². The van der Waals surface area contributed by atoms with Gasteiger partial charge in [-0.05, 0) is 42.5 Å². The van der Waals surface area contributed by atoms with Crippen LogP contribution in [0, 0.1) is 0 Å². The average molecular weight is 322 g/mol. The van der Waals surface area contributed by atoms with Gasteiger partial charge in [0.25, 0.3) is 0 Å². The highest BCUT2D eigenvalue weighted by Gasteiger charge is 2.25. The summed E-state index contributed by atoms with van der Waals surface area (Å²) in [5, 5.41) is 0. The molecule has 0 radical (unpaired) electrons. The Balaban J connectivity index is 1.74. The van der Waals surface area contributed by atoms with Crippen molar-refractivity contribution in [1.82, 2.24) is 0 Å². The number of hydrogen-bond donors (Lipinski definition) is 0. The zero-order chi connectivity index (χ0) is 16.5. The van der Waals surface area contributed by atoms with Gasteiger partial charge in [0.1, 0.15) is 12.4 Å². The third-order valence-corrected chi connectivity index (χ3v) is 3.57. The van der Waals surface area contributed by atoms with Gasteiger partial charge in [0.05, 0.1) is 0 Å². The molecular weight excluding hydrogens is 301 g/mol. The molecule has 0 atom stereocenters. The number of ether oxygens (including phenoxy) is 1. The van der Waals surface area contributed by atoms with E-state index >= 15 is 0 Å². The van der Waals surface area contributed by atoms with Crippen molar-refractivity contribution in [2.45, 2.75) is 44.9 Å². The van der Waals surface area contributed by atoms with E-state index in [1.807, 2.05) is 54.6 Å². The smallest absolute Gasteiger partial charge is 0.389 e. The summed E-state index contributed by atoms with van der Waals surface area (Å²) >= 11 is 0. The molecule has 124 valence electrons. The van der Waals surface area contributed by atoms with E-state index in [0.29, 0.717) is 13.0 Å². The lowest BCUT2D eigenvalue weighted by Crippen LogP contribution is -2.06. The molecule has 23 heavy (non-hydrogen) atoms. The van der Waals surface area contributed by atoms with Gasteiger partial charge < -0.3 is 4.74 Å². The molecule has 0 bridgehead atoms. The number of hydrogen-bond acceptors (Lipinski definition) is 1. The Bertz CT molecular complexity index is 579. The number of aryl methyl sites for hydroxylation is 1. The number of rotatable bonds is 8. The van der Waals surface area contributed by atoms with Crippen LogP contribution in [0.5, 0.6) is 5.75 Å². The van der Waals surface area contributed by atoms with Crippen molar-refractivity contribution < 1.29 is 17.9 Å². The normalized spacial score (nSPS) is 11.4. The van der Waals surface area contributed by atoms with Gasteiger partial charge in [-0.3, -0.25) is 0 Å². The Morgan fingerprint density at radius 1 is 0.783 bits per heavy atom. The predicted octanol–water partition coefficient (Wildman–Crippen LogP) is 5.93. The van der Waals surface area contributed by atoms with E-state index in [2.05, 4.69) is 0 Å². The standard InChI is InChI=1S/C19H21F3O/c20-19(21,22)13-6-2-5-8-16-11-7-12-18(14-16)23-15-17-9-3-1-4-10-17/h1,3-4,7,9-12,14H,2,5-6,8,13,15H2. The van der Waals surface area contributed by atoms with Crippen LogP contribution in [-0.4, -0.2) is 6.18 Å². The molecule has 0 aromatic heterocycles. The van der Waals surface area contributed by atoms with E-state index in [1.165, 1.54) is 0 Å². The van der Waals surface area contributed by atoms with Crippen LogP contribution in [0.4, 0.5) is 13.2 Å². The molecule has 2 rings (SSSR count). The van der Waals surface area contributed by atoms with Crippen molar-refractivity contribution >= 4 is 0 Å². The molecule has 1 nitrogen and oxygen atoms in total. The Hall–Kier alpha value is -1.97. The molecule has 0 aliphatic rings. The van der Waals surface area contributed by atoms with Crippen molar-refractivity contribution in [3.8, 4) is 5.75 Å². The Kier molecular flexibility index (Phi) is 6.51. The number of benzene rings is 2. The fraction of sp³-hybridized carbons (Fsp3) is 0.368. The summed E-state index contributed by atoms with van der Waals surface area (Å²) in [4.78, 5) is 0. The molecule has 0 heterocycles. The van der Waals surface area contributed by atoms with E-state index in [9.17, 15) is 13.2 Å². The van der Waals surface area contributed by atoms with Crippen LogP contribution in [-0.2, 0) is 13.0 Å². The van der Waals surface area contributed by atoms with E-state index in [1.54, 1.807) is 0 Å². The summed E-state index contributed by atoms with van der Waals surface area (Å²) in [5.41, 5.74) is 2.20. The fourth-order valence-corrected chi connectivity index (χ4v) is 2.36. The third-order valence-electron chi connectivity index (χ3n) is 3.57. The Morgan fingerprint density at radius 2 is 1.52 bits per heavy atom. The molecular formula is C19H21F3O. The molecule has 0 saturated heterocycles. The minimum absolute atomic E-state index is 0.202. The molecule has 0 aliphatic heterocycles. The van der Waals surface area contributed by atoms with Crippen molar-refractivity contribution in [2.75, 3.05) is 0 Å². The van der Waals surface area contributed by atoms with E-state index in [0.717, 1.165) is 29.7 Å². The largest absolute Gasteiger partial charge is 0.489 e. The molecule has 0 unspecified atom stereocenters. The zero-order valence-electron chi connectivity index (χ0n) is 13.0. The van der Waals surface area contributed by atoms with Gasteiger partial charge in [0.2, 0.25) is 0 Å². The minimum atomic E-state index is -4.04. The molecule has 0 fully saturated rings. The number of alkyl halides is 3.